The Balaban J connectivity index is 1.63. The predicted molar refractivity (Wildman–Crippen MR) is 134 cm³/mol. The van der Waals surface area contributed by atoms with Crippen molar-refractivity contribution in [2.45, 2.75) is 26.3 Å². The number of carboxylic acids is 2. The second-order valence-electron chi connectivity index (χ2n) is 8.62. The van der Waals surface area contributed by atoms with Crippen molar-refractivity contribution in [1.82, 2.24) is 30.2 Å². The highest BCUT2D eigenvalue weighted by Crippen LogP contribution is 2.34. The minimum Gasteiger partial charge on any atom is -0.481 e. The predicted octanol–water partition coefficient (Wildman–Crippen LogP) is 1.32. The normalized spacial score (nSPS) is 11.0. The molecule has 0 atom stereocenters. The van der Waals surface area contributed by atoms with E-state index in [2.05, 4.69) is 20.8 Å². The Hall–Kier alpha value is -5.14. The van der Waals surface area contributed by atoms with Gasteiger partial charge in [0, 0.05) is 22.8 Å². The number of halogens is 1. The first kappa shape index (κ1) is 26.9. The van der Waals surface area contributed by atoms with Gasteiger partial charge in [0.15, 0.2) is 0 Å². The first-order chi connectivity index (χ1) is 18.5. The summed E-state index contributed by atoms with van der Waals surface area (Å²) < 4.78 is 17.7. The van der Waals surface area contributed by atoms with E-state index in [4.69, 9.17) is 10.2 Å². The third-order valence-corrected chi connectivity index (χ3v) is 5.87. The number of aryl methyl sites for hydroxylation is 1. The molecule has 4 N–H and O–H groups in total. The summed E-state index contributed by atoms with van der Waals surface area (Å²) >= 11 is 0. The van der Waals surface area contributed by atoms with Gasteiger partial charge in [-0.2, -0.15) is 10.2 Å². The summed E-state index contributed by atoms with van der Waals surface area (Å²) in [6, 6.07) is 7.73. The molecule has 39 heavy (non-hydrogen) atoms. The van der Waals surface area contributed by atoms with Gasteiger partial charge in [-0.3, -0.25) is 28.7 Å². The third-order valence-electron chi connectivity index (χ3n) is 5.87. The average Bonchev–Trinajstić information content (AvgIpc) is 3.44. The van der Waals surface area contributed by atoms with E-state index < -0.39 is 48.6 Å². The number of rotatable bonds is 10. The number of nitrogens with one attached hydrogen (secondary N) is 2. The number of benzene rings is 2. The van der Waals surface area contributed by atoms with Gasteiger partial charge in [0.2, 0.25) is 17.7 Å². The molecule has 0 unspecified atom stereocenters. The molecule has 2 aromatic carbocycles. The number of carboxylic acid groups (broad SMARTS) is 2. The highest BCUT2D eigenvalue weighted by atomic mass is 19.1. The van der Waals surface area contributed by atoms with Crippen molar-refractivity contribution < 1.29 is 38.6 Å². The molecule has 0 aliphatic carbocycles. The second-order valence-corrected chi connectivity index (χ2v) is 8.62. The molecule has 0 spiro atoms. The van der Waals surface area contributed by atoms with Crippen LogP contribution in [0.1, 0.15) is 23.3 Å². The number of amides is 2. The zero-order valence-corrected chi connectivity index (χ0v) is 20.6. The zero-order valence-electron chi connectivity index (χ0n) is 20.6. The topological polar surface area (TPSA) is 186 Å². The molecule has 0 radical (unpaired) electrons. The van der Waals surface area contributed by atoms with Crippen molar-refractivity contribution >= 4 is 51.5 Å². The maximum atomic E-state index is 15.3. The Kier molecular flexibility index (Phi) is 7.65. The standard InChI is InChI=1S/C25H23FN6O7/c1-13-25-15(16-8-19-14(7-17(16)26)9-29-32(19)22(35)5-6-23(36)37)3-2-4-18(25)31(30-13)12-21(34)27-10-20(33)28-11-24(38)39/h2-4,7-9H,5-6,10-12H2,1H3,(H,27,34)(H,28,33)(H,36,37)(H,38,39). The van der Waals surface area contributed by atoms with Gasteiger partial charge in [-0.1, -0.05) is 12.1 Å². The van der Waals surface area contributed by atoms with Crippen LogP contribution in [0.15, 0.2) is 36.5 Å². The van der Waals surface area contributed by atoms with Crippen LogP contribution in [0.25, 0.3) is 32.9 Å². The molecule has 2 heterocycles. The van der Waals surface area contributed by atoms with Gasteiger partial charge in [0.1, 0.15) is 18.9 Å². The van der Waals surface area contributed by atoms with Gasteiger partial charge >= 0.3 is 11.9 Å². The molecule has 0 fully saturated rings. The van der Waals surface area contributed by atoms with E-state index >= 15 is 4.39 Å². The molecule has 14 heteroatoms. The number of aliphatic carboxylic acids is 2. The molecule has 2 amide bonds. The van der Waals surface area contributed by atoms with Crippen LogP contribution in [0.2, 0.25) is 0 Å². The van der Waals surface area contributed by atoms with E-state index in [0.29, 0.717) is 33.1 Å². The minimum absolute atomic E-state index is 0.156. The average molecular weight is 538 g/mol. The van der Waals surface area contributed by atoms with E-state index in [-0.39, 0.29) is 24.9 Å². The molecule has 202 valence electrons. The van der Waals surface area contributed by atoms with Crippen molar-refractivity contribution in [2.75, 3.05) is 13.1 Å². The molecule has 0 saturated carbocycles. The van der Waals surface area contributed by atoms with Crippen molar-refractivity contribution in [3.05, 3.63) is 48.0 Å². The molecule has 2 aromatic heterocycles. The molecule has 0 aliphatic heterocycles. The summed E-state index contributed by atoms with van der Waals surface area (Å²) in [5, 5.41) is 31.3. The van der Waals surface area contributed by atoms with E-state index in [9.17, 15) is 24.0 Å². The number of hydrogen-bond acceptors (Lipinski definition) is 7. The van der Waals surface area contributed by atoms with Crippen molar-refractivity contribution in [1.29, 1.82) is 0 Å². The Morgan fingerprint density at radius 3 is 2.38 bits per heavy atom. The number of aromatic nitrogens is 4. The fourth-order valence-electron chi connectivity index (χ4n) is 4.14. The van der Waals surface area contributed by atoms with Gasteiger partial charge in [-0.15, -0.1) is 0 Å². The Bertz CT molecular complexity index is 1640. The molecule has 13 nitrogen and oxygen atoms in total. The summed E-state index contributed by atoms with van der Waals surface area (Å²) in [5.74, 6) is -4.68. The Morgan fingerprint density at radius 1 is 0.923 bits per heavy atom. The highest BCUT2D eigenvalue weighted by molar-refractivity contribution is 6.01. The van der Waals surface area contributed by atoms with Gasteiger partial charge in [0.05, 0.1) is 35.9 Å². The van der Waals surface area contributed by atoms with Gasteiger partial charge < -0.3 is 20.8 Å². The lowest BCUT2D eigenvalue weighted by Gasteiger charge is -2.09. The summed E-state index contributed by atoms with van der Waals surface area (Å²) in [6.45, 7) is 0.446. The van der Waals surface area contributed by atoms with Crippen LogP contribution in [0.3, 0.4) is 0 Å². The maximum absolute atomic E-state index is 15.3. The summed E-state index contributed by atoms with van der Waals surface area (Å²) in [6.07, 6.45) is 0.682. The largest absolute Gasteiger partial charge is 0.481 e. The highest BCUT2D eigenvalue weighted by Gasteiger charge is 2.20. The van der Waals surface area contributed by atoms with Gasteiger partial charge in [-0.05, 0) is 30.7 Å². The monoisotopic (exact) mass is 538 g/mol. The zero-order chi connectivity index (χ0) is 28.3. The fraction of sp³-hybridized carbons (Fsp3) is 0.240. The maximum Gasteiger partial charge on any atom is 0.322 e. The first-order valence-corrected chi connectivity index (χ1v) is 11.7. The van der Waals surface area contributed by atoms with Crippen LogP contribution in [0.5, 0.6) is 0 Å². The van der Waals surface area contributed by atoms with Crippen molar-refractivity contribution in [2.24, 2.45) is 0 Å². The summed E-state index contributed by atoms with van der Waals surface area (Å²) in [4.78, 5) is 58.0. The lowest BCUT2D eigenvalue weighted by atomic mass is 9.98. The molecular weight excluding hydrogens is 515 g/mol. The lowest BCUT2D eigenvalue weighted by molar-refractivity contribution is -0.138. The van der Waals surface area contributed by atoms with E-state index in [1.807, 2.05) is 0 Å². The molecule has 0 aliphatic rings. The molecule has 4 aromatic rings. The SMILES string of the molecule is Cc1nn(CC(=O)NCC(=O)NCC(=O)O)c2cccc(-c3cc4c(cnn4C(=O)CCC(=O)O)cc3F)c12. The van der Waals surface area contributed by atoms with Crippen LogP contribution in [0, 0.1) is 12.7 Å². The van der Waals surface area contributed by atoms with Crippen LogP contribution in [0.4, 0.5) is 4.39 Å². The molecular formula is C25H23FN6O7. The third kappa shape index (κ3) is 5.89. The molecule has 4 rings (SSSR count). The number of carbonyl (C=O) groups excluding carboxylic acids is 3. The quantitative estimate of drug-likeness (QED) is 0.231. The van der Waals surface area contributed by atoms with Crippen LogP contribution in [-0.4, -0.2) is 72.5 Å². The lowest BCUT2D eigenvalue weighted by Crippen LogP contribution is -2.40. The van der Waals surface area contributed by atoms with E-state index in [0.717, 1.165) is 4.68 Å². The Labute approximate surface area is 219 Å². The van der Waals surface area contributed by atoms with Crippen LogP contribution >= 0.6 is 0 Å². The first-order valence-electron chi connectivity index (χ1n) is 11.7. The number of fused-ring (bicyclic) bond motifs is 2. The van der Waals surface area contributed by atoms with Crippen LogP contribution < -0.4 is 10.6 Å². The number of hydrogen-bond donors (Lipinski definition) is 4. The second kappa shape index (κ2) is 11.1. The van der Waals surface area contributed by atoms with E-state index in [1.165, 1.54) is 23.0 Å². The Morgan fingerprint density at radius 2 is 1.67 bits per heavy atom. The smallest absolute Gasteiger partial charge is 0.322 e. The van der Waals surface area contributed by atoms with Crippen molar-refractivity contribution in [3.63, 3.8) is 0 Å². The van der Waals surface area contributed by atoms with Crippen LogP contribution in [-0.2, 0) is 25.7 Å². The van der Waals surface area contributed by atoms with Crippen molar-refractivity contribution in [3.8, 4) is 11.1 Å². The summed E-state index contributed by atoms with van der Waals surface area (Å²) in [7, 11) is 0. The van der Waals surface area contributed by atoms with Gasteiger partial charge in [-0.25, -0.2) is 9.07 Å². The van der Waals surface area contributed by atoms with Gasteiger partial charge in [0.25, 0.3) is 0 Å². The molecule has 0 saturated heterocycles. The molecule has 0 bridgehead atoms. The summed E-state index contributed by atoms with van der Waals surface area (Å²) in [5.41, 5.74) is 1.93. The minimum atomic E-state index is -1.21. The number of nitrogens with zero attached hydrogens (tertiary/aromatic N) is 4. The van der Waals surface area contributed by atoms with E-state index in [1.54, 1.807) is 25.1 Å². The fourth-order valence-corrected chi connectivity index (χ4v) is 4.14. The number of carbonyl (C=O) groups is 5.